The molecule has 0 bridgehead atoms. The van der Waals surface area contributed by atoms with Crippen molar-refractivity contribution in [1.82, 2.24) is 10.3 Å². The number of hydrogen-bond acceptors (Lipinski definition) is 4. The lowest BCUT2D eigenvalue weighted by Crippen LogP contribution is -2.37. The molecule has 0 spiro atoms. The molecular weight excluding hydrogens is 228 g/mol. The Morgan fingerprint density at radius 2 is 2.44 bits per heavy atom. The first-order chi connectivity index (χ1) is 8.70. The molecule has 1 unspecified atom stereocenters. The fourth-order valence-corrected chi connectivity index (χ4v) is 2.28. The van der Waals surface area contributed by atoms with Crippen LogP contribution in [0, 0.1) is 0 Å². The van der Waals surface area contributed by atoms with Gasteiger partial charge in [0.25, 0.3) is 0 Å². The molecule has 1 amide bonds. The second-order valence-electron chi connectivity index (χ2n) is 4.60. The van der Waals surface area contributed by atoms with Crippen LogP contribution in [0.2, 0.25) is 0 Å². The molecule has 0 radical (unpaired) electrons. The summed E-state index contributed by atoms with van der Waals surface area (Å²) in [5.74, 6) is 0.464. The number of aromatic nitrogens is 1. The Morgan fingerprint density at radius 3 is 2.94 bits per heavy atom. The van der Waals surface area contributed by atoms with Gasteiger partial charge in [-0.25, -0.2) is 4.98 Å². The van der Waals surface area contributed by atoms with Crippen LogP contribution in [-0.2, 0) is 0 Å². The first-order valence-electron chi connectivity index (χ1n) is 6.45. The van der Waals surface area contributed by atoms with Gasteiger partial charge in [0, 0.05) is 25.3 Å². The van der Waals surface area contributed by atoms with Crippen LogP contribution in [0.5, 0.6) is 0 Å². The van der Waals surface area contributed by atoms with Gasteiger partial charge in [-0.3, -0.25) is 4.79 Å². The number of nitrogens with zero attached hydrogens (tertiary/aromatic N) is 2. The van der Waals surface area contributed by atoms with E-state index in [9.17, 15) is 4.79 Å². The smallest absolute Gasteiger partial charge is 0.250 e. The highest BCUT2D eigenvalue weighted by molar-refractivity contribution is 5.92. The van der Waals surface area contributed by atoms with Crippen LogP contribution in [0.15, 0.2) is 18.3 Å². The Labute approximate surface area is 107 Å². The minimum atomic E-state index is -0.436. The predicted octanol–water partition coefficient (Wildman–Crippen LogP) is 0.759. The lowest BCUT2D eigenvalue weighted by molar-refractivity contribution is 0.1000. The van der Waals surface area contributed by atoms with Crippen molar-refractivity contribution >= 4 is 11.7 Å². The Balaban J connectivity index is 2.04. The zero-order chi connectivity index (χ0) is 13.0. The van der Waals surface area contributed by atoms with Gasteiger partial charge < -0.3 is 16.0 Å². The summed E-state index contributed by atoms with van der Waals surface area (Å²) >= 11 is 0. The summed E-state index contributed by atoms with van der Waals surface area (Å²) in [6, 6.07) is 4.14. The standard InChI is InChI=1S/C13H20N4O/c1-2-17(9-11-4-3-7-15-11)12-6-5-10(8-16-12)13(14)18/h5-6,8,11,15H,2-4,7,9H2,1H3,(H2,14,18). The van der Waals surface area contributed by atoms with Crippen LogP contribution in [0.1, 0.15) is 30.1 Å². The van der Waals surface area contributed by atoms with Crippen molar-refractivity contribution < 1.29 is 4.79 Å². The Morgan fingerprint density at radius 1 is 1.61 bits per heavy atom. The van der Waals surface area contributed by atoms with Crippen LogP contribution in [0.4, 0.5) is 5.82 Å². The van der Waals surface area contributed by atoms with Crippen molar-refractivity contribution in [3.8, 4) is 0 Å². The molecule has 98 valence electrons. The van der Waals surface area contributed by atoms with Crippen LogP contribution in [-0.4, -0.2) is 36.6 Å². The average Bonchev–Trinajstić information content (AvgIpc) is 2.89. The third-order valence-corrected chi connectivity index (χ3v) is 3.34. The largest absolute Gasteiger partial charge is 0.366 e. The van der Waals surface area contributed by atoms with Crippen molar-refractivity contribution in [2.45, 2.75) is 25.8 Å². The molecule has 0 saturated carbocycles. The lowest BCUT2D eigenvalue weighted by atomic mass is 10.2. The number of rotatable bonds is 5. The van der Waals surface area contributed by atoms with Gasteiger partial charge in [0.2, 0.25) is 5.91 Å². The summed E-state index contributed by atoms with van der Waals surface area (Å²) in [5.41, 5.74) is 5.65. The van der Waals surface area contributed by atoms with Crippen molar-refractivity contribution in [2.24, 2.45) is 5.73 Å². The van der Waals surface area contributed by atoms with E-state index in [0.717, 1.165) is 25.5 Å². The summed E-state index contributed by atoms with van der Waals surface area (Å²) < 4.78 is 0. The molecule has 1 atom stereocenters. The summed E-state index contributed by atoms with van der Waals surface area (Å²) in [7, 11) is 0. The molecule has 0 aliphatic carbocycles. The Kier molecular flexibility index (Phi) is 4.15. The zero-order valence-electron chi connectivity index (χ0n) is 10.7. The Hall–Kier alpha value is -1.62. The van der Waals surface area contributed by atoms with Crippen molar-refractivity contribution in [1.29, 1.82) is 0 Å². The monoisotopic (exact) mass is 248 g/mol. The van der Waals surface area contributed by atoms with Crippen LogP contribution in [0.3, 0.4) is 0 Å². The van der Waals surface area contributed by atoms with Crippen molar-refractivity contribution in [2.75, 3.05) is 24.5 Å². The molecule has 1 aliphatic rings. The molecule has 18 heavy (non-hydrogen) atoms. The molecule has 1 fully saturated rings. The maximum absolute atomic E-state index is 11.0. The minimum absolute atomic E-state index is 0.436. The number of anilines is 1. The van der Waals surface area contributed by atoms with Crippen LogP contribution in [0.25, 0.3) is 0 Å². The van der Waals surface area contributed by atoms with Crippen LogP contribution < -0.4 is 16.0 Å². The van der Waals surface area contributed by atoms with Gasteiger partial charge in [0.15, 0.2) is 0 Å². The SMILES string of the molecule is CCN(CC1CCCN1)c1ccc(C(N)=O)cn1. The molecule has 0 aromatic carbocycles. The molecular formula is C13H20N4O. The molecule has 2 heterocycles. The number of pyridine rings is 1. The van der Waals surface area contributed by atoms with E-state index in [4.69, 9.17) is 5.73 Å². The zero-order valence-corrected chi connectivity index (χ0v) is 10.7. The first kappa shape index (κ1) is 12.8. The number of amides is 1. The van der Waals surface area contributed by atoms with E-state index in [2.05, 4.69) is 22.1 Å². The topological polar surface area (TPSA) is 71.2 Å². The van der Waals surface area contributed by atoms with Crippen molar-refractivity contribution in [3.63, 3.8) is 0 Å². The molecule has 1 saturated heterocycles. The van der Waals surface area contributed by atoms with Gasteiger partial charge in [0.1, 0.15) is 5.82 Å². The number of nitrogens with two attached hydrogens (primary N) is 1. The first-order valence-corrected chi connectivity index (χ1v) is 6.45. The fourth-order valence-electron chi connectivity index (χ4n) is 2.28. The minimum Gasteiger partial charge on any atom is -0.366 e. The number of carbonyl (C=O) groups is 1. The summed E-state index contributed by atoms with van der Waals surface area (Å²) in [5, 5.41) is 3.48. The second-order valence-corrected chi connectivity index (χ2v) is 4.60. The third-order valence-electron chi connectivity index (χ3n) is 3.34. The second kappa shape index (κ2) is 5.82. The number of likely N-dealkylation sites (N-methyl/N-ethyl adjacent to an activating group) is 1. The third kappa shape index (κ3) is 2.98. The van der Waals surface area contributed by atoms with E-state index >= 15 is 0 Å². The molecule has 1 aliphatic heterocycles. The molecule has 5 heteroatoms. The maximum atomic E-state index is 11.0. The summed E-state index contributed by atoms with van der Waals surface area (Å²) in [4.78, 5) is 17.5. The van der Waals surface area contributed by atoms with Gasteiger partial charge in [-0.05, 0) is 38.4 Å². The summed E-state index contributed by atoms with van der Waals surface area (Å²) in [6.07, 6.45) is 4.01. The summed E-state index contributed by atoms with van der Waals surface area (Å²) in [6.45, 7) is 5.08. The van der Waals surface area contributed by atoms with E-state index in [-0.39, 0.29) is 0 Å². The van der Waals surface area contributed by atoms with Gasteiger partial charge in [-0.15, -0.1) is 0 Å². The average molecular weight is 248 g/mol. The molecule has 1 aromatic rings. The Bertz CT molecular complexity index is 398. The van der Waals surface area contributed by atoms with Crippen LogP contribution >= 0.6 is 0 Å². The highest BCUT2D eigenvalue weighted by Gasteiger charge is 2.18. The normalized spacial score (nSPS) is 18.8. The molecule has 5 nitrogen and oxygen atoms in total. The molecule has 3 N–H and O–H groups in total. The fraction of sp³-hybridized carbons (Fsp3) is 0.538. The van der Waals surface area contributed by atoms with E-state index in [1.807, 2.05) is 6.07 Å². The quantitative estimate of drug-likeness (QED) is 0.807. The number of carbonyl (C=O) groups excluding carboxylic acids is 1. The van der Waals surface area contributed by atoms with Crippen molar-refractivity contribution in [3.05, 3.63) is 23.9 Å². The number of nitrogens with one attached hydrogen (secondary N) is 1. The maximum Gasteiger partial charge on any atom is 0.250 e. The molecule has 1 aromatic heterocycles. The number of primary amides is 1. The molecule has 2 rings (SSSR count). The van der Waals surface area contributed by atoms with E-state index in [0.29, 0.717) is 11.6 Å². The van der Waals surface area contributed by atoms with E-state index < -0.39 is 5.91 Å². The lowest BCUT2D eigenvalue weighted by Gasteiger charge is -2.25. The number of hydrogen-bond donors (Lipinski definition) is 2. The predicted molar refractivity (Wildman–Crippen MR) is 71.7 cm³/mol. The highest BCUT2D eigenvalue weighted by atomic mass is 16.1. The highest BCUT2D eigenvalue weighted by Crippen LogP contribution is 2.14. The van der Waals surface area contributed by atoms with Gasteiger partial charge >= 0.3 is 0 Å². The van der Waals surface area contributed by atoms with Gasteiger partial charge in [-0.1, -0.05) is 0 Å². The van der Waals surface area contributed by atoms with E-state index in [1.165, 1.54) is 12.8 Å². The van der Waals surface area contributed by atoms with E-state index in [1.54, 1.807) is 12.3 Å². The van der Waals surface area contributed by atoms with Gasteiger partial charge in [-0.2, -0.15) is 0 Å². The van der Waals surface area contributed by atoms with Gasteiger partial charge in [0.05, 0.1) is 5.56 Å².